The fourth-order valence-corrected chi connectivity index (χ4v) is 4.43. The van der Waals surface area contributed by atoms with Gasteiger partial charge in [-0.1, -0.05) is 0 Å². The van der Waals surface area contributed by atoms with Gasteiger partial charge in [0.15, 0.2) is 0 Å². The summed E-state index contributed by atoms with van der Waals surface area (Å²) < 4.78 is 13.3. The maximum atomic E-state index is 5.87. The van der Waals surface area contributed by atoms with Crippen molar-refractivity contribution in [2.45, 2.75) is 20.0 Å². The van der Waals surface area contributed by atoms with E-state index in [-0.39, 0.29) is 6.10 Å². The molecular formula is C18H20N5O2Tl. The Morgan fingerprint density at radius 2 is 2.00 bits per heavy atom. The van der Waals surface area contributed by atoms with Crippen molar-refractivity contribution in [3.8, 4) is 17.0 Å². The number of morpholine rings is 1. The Labute approximate surface area is 168 Å². The van der Waals surface area contributed by atoms with E-state index in [1.165, 1.54) is 0 Å². The summed E-state index contributed by atoms with van der Waals surface area (Å²) in [6.07, 6.45) is 1.92. The second-order valence-corrected chi connectivity index (χ2v) is 8.44. The number of hydrogen-bond acceptors (Lipinski definition) is 6. The molecule has 3 heterocycles. The molecule has 0 amide bonds. The standard InChI is InChI=1S/C18H20N5O2.Tl/c1-12(2)25-14-3-4-16-15(10-14)18(22-20-16)13-9-17(21-19-11-13)23-5-7-24-8-6-23;/h3-4,9-12H,5-8H2,1-2H3;/q-1;+1. The van der Waals surface area contributed by atoms with Crippen LogP contribution in [-0.2, 0) is 4.74 Å². The molecule has 1 saturated heterocycles. The Hall–Kier alpha value is -1.75. The molecule has 1 aromatic carbocycles. The summed E-state index contributed by atoms with van der Waals surface area (Å²) in [4.78, 5) is 2.20. The molecule has 0 aliphatic carbocycles. The zero-order valence-electron chi connectivity index (χ0n) is 14.9. The van der Waals surface area contributed by atoms with E-state index < -0.39 is 0 Å². The van der Waals surface area contributed by atoms with Gasteiger partial charge in [0.2, 0.25) is 0 Å². The van der Waals surface area contributed by atoms with Gasteiger partial charge in [0.1, 0.15) is 0 Å². The van der Waals surface area contributed by atoms with Gasteiger partial charge in [-0.3, -0.25) is 0 Å². The minimum absolute atomic E-state index is 0.138. The van der Waals surface area contributed by atoms with Crippen LogP contribution in [0.5, 0.6) is 5.75 Å². The predicted octanol–water partition coefficient (Wildman–Crippen LogP) is 2.05. The Morgan fingerprint density at radius 3 is 2.77 bits per heavy atom. The molecule has 0 N–H and O–H groups in total. The summed E-state index contributed by atoms with van der Waals surface area (Å²) in [5, 5.41) is 14.4. The normalized spacial score (nSPS) is 14.9. The van der Waals surface area contributed by atoms with Crippen molar-refractivity contribution in [1.82, 2.24) is 17.8 Å². The topological polar surface area (TPSA) is 65.3 Å². The van der Waals surface area contributed by atoms with Crippen molar-refractivity contribution in [2.75, 3.05) is 31.2 Å². The Bertz CT molecular complexity index is 921. The summed E-state index contributed by atoms with van der Waals surface area (Å²) in [5.41, 5.74) is 3.04. The van der Waals surface area contributed by atoms with Crippen LogP contribution >= 0.6 is 0 Å². The van der Waals surface area contributed by atoms with Crippen LogP contribution in [0.15, 0.2) is 30.5 Å². The summed E-state index contributed by atoms with van der Waals surface area (Å²) in [7, 11) is 0. The first-order chi connectivity index (χ1) is 12.6. The van der Waals surface area contributed by atoms with Crippen LogP contribution in [0.1, 0.15) is 13.8 Å². The molecule has 2 aromatic heterocycles. The second kappa shape index (κ2) is 7.47. The number of rotatable bonds is 4. The summed E-state index contributed by atoms with van der Waals surface area (Å²) in [5.74, 6) is 1.74. The molecule has 0 spiro atoms. The Kier molecular flexibility index (Phi) is 5.07. The third-order valence-corrected chi connectivity index (χ3v) is 5.83. The van der Waals surface area contributed by atoms with Gasteiger partial charge in [-0.15, -0.1) is 0 Å². The van der Waals surface area contributed by atoms with E-state index >= 15 is 0 Å². The molecule has 0 saturated carbocycles. The van der Waals surface area contributed by atoms with Crippen LogP contribution in [0.4, 0.5) is 5.82 Å². The molecule has 3 aromatic rings. The molecule has 1 aliphatic heterocycles. The van der Waals surface area contributed by atoms with E-state index in [2.05, 4.69) is 35.8 Å². The number of nitrogens with zero attached hydrogens (tertiary/aromatic N) is 5. The van der Waals surface area contributed by atoms with Crippen LogP contribution in [0.25, 0.3) is 22.2 Å². The predicted molar refractivity (Wildman–Crippen MR) is 101 cm³/mol. The number of benzene rings is 1. The number of hydrogen-bond donors (Lipinski definition) is 0. The average molecular weight is 543 g/mol. The average Bonchev–Trinajstić information content (AvgIpc) is 2.98. The van der Waals surface area contributed by atoms with Crippen molar-refractivity contribution in [3.63, 3.8) is 0 Å². The molecule has 0 bridgehead atoms. The molecule has 4 rings (SSSR count). The van der Waals surface area contributed by atoms with Gasteiger partial charge in [-0.25, -0.2) is 0 Å². The molecule has 26 heavy (non-hydrogen) atoms. The van der Waals surface area contributed by atoms with E-state index in [0.717, 1.165) is 60.0 Å². The van der Waals surface area contributed by atoms with Crippen LogP contribution in [0, 0.1) is 0 Å². The van der Waals surface area contributed by atoms with Crippen molar-refractivity contribution in [1.29, 1.82) is 0 Å². The summed E-state index contributed by atoms with van der Waals surface area (Å²) in [6.45, 7) is 7.18. The molecule has 8 heteroatoms. The van der Waals surface area contributed by atoms with E-state index in [1.54, 1.807) is 6.20 Å². The second-order valence-electron chi connectivity index (χ2n) is 6.54. The van der Waals surface area contributed by atoms with Gasteiger partial charge in [-0.05, 0) is 0 Å². The number of anilines is 1. The van der Waals surface area contributed by atoms with Gasteiger partial charge in [-0.2, -0.15) is 0 Å². The van der Waals surface area contributed by atoms with E-state index in [1.807, 2.05) is 19.9 Å². The van der Waals surface area contributed by atoms with Crippen LogP contribution in [0.2, 0.25) is 0 Å². The third kappa shape index (κ3) is 3.54. The van der Waals surface area contributed by atoms with Crippen LogP contribution < -0.4 is 9.64 Å². The first-order valence-corrected chi connectivity index (χ1v) is 10.7. The van der Waals surface area contributed by atoms with E-state index in [9.17, 15) is 0 Å². The third-order valence-electron chi connectivity index (χ3n) is 4.30. The van der Waals surface area contributed by atoms with E-state index in [4.69, 9.17) is 14.6 Å². The van der Waals surface area contributed by atoms with Gasteiger partial charge in [0, 0.05) is 0 Å². The molecular weight excluding hydrogens is 523 g/mol. The van der Waals surface area contributed by atoms with E-state index in [0.29, 0.717) is 26.1 Å². The Morgan fingerprint density at radius 1 is 1.19 bits per heavy atom. The summed E-state index contributed by atoms with van der Waals surface area (Å²) in [6, 6.07) is 8.24. The molecule has 0 radical (unpaired) electrons. The number of fused-ring (bicyclic) bond motifs is 1. The summed E-state index contributed by atoms with van der Waals surface area (Å²) >= 11 is 0.585. The zero-order chi connectivity index (χ0) is 18.1. The minimum atomic E-state index is 0.138. The number of ether oxygens (including phenoxy) is 2. The Balaban J connectivity index is 1.76. The van der Waals surface area contributed by atoms with Crippen molar-refractivity contribution in [3.05, 3.63) is 30.5 Å². The molecule has 1 fully saturated rings. The van der Waals surface area contributed by atoms with Crippen molar-refractivity contribution in [2.24, 2.45) is 0 Å². The zero-order valence-corrected chi connectivity index (χ0v) is 19.4. The SMILES string of the molecule is CC(C)Oc1ccc2c(c1)c(-c1cnnc(N3CCOCC3)c1)n[n]2[Tl]. The van der Waals surface area contributed by atoms with Crippen LogP contribution in [0.3, 0.4) is 0 Å². The van der Waals surface area contributed by atoms with Gasteiger partial charge < -0.3 is 0 Å². The van der Waals surface area contributed by atoms with Gasteiger partial charge in [0.25, 0.3) is 0 Å². The molecule has 0 atom stereocenters. The molecule has 0 unspecified atom stereocenters. The first kappa shape index (κ1) is 17.7. The molecule has 1 aliphatic rings. The molecule has 132 valence electrons. The van der Waals surface area contributed by atoms with Crippen molar-refractivity contribution < 1.29 is 9.47 Å². The first-order valence-electron chi connectivity index (χ1n) is 8.72. The van der Waals surface area contributed by atoms with Gasteiger partial charge in [0.05, 0.1) is 0 Å². The van der Waals surface area contributed by atoms with Crippen LogP contribution in [-0.4, -0.2) is 76.3 Å². The number of aromatic nitrogens is 4. The maximum absolute atomic E-state index is 5.87. The monoisotopic (exact) mass is 543 g/mol. The van der Waals surface area contributed by atoms with Gasteiger partial charge >= 0.3 is 169 Å². The molecule has 7 nitrogen and oxygen atoms in total. The van der Waals surface area contributed by atoms with Crippen molar-refractivity contribution >= 4 is 42.8 Å². The fourth-order valence-electron chi connectivity index (χ4n) is 3.11. The fraction of sp³-hybridized carbons (Fsp3) is 0.389. The quantitative estimate of drug-likeness (QED) is 0.471.